The highest BCUT2D eigenvalue weighted by atomic mass is 32.2. The van der Waals surface area contributed by atoms with Gasteiger partial charge in [-0.25, -0.2) is 0 Å². The summed E-state index contributed by atoms with van der Waals surface area (Å²) in [4.78, 5) is 0. The lowest BCUT2D eigenvalue weighted by Gasteiger charge is -2.50. The number of hydrogen-bond acceptors (Lipinski definition) is 1. The zero-order valence-corrected chi connectivity index (χ0v) is 14.9. The van der Waals surface area contributed by atoms with Crippen molar-refractivity contribution >= 4 is 11.8 Å². The molecule has 116 valence electrons. The van der Waals surface area contributed by atoms with Crippen molar-refractivity contribution in [1.82, 2.24) is 0 Å². The van der Waals surface area contributed by atoms with E-state index in [4.69, 9.17) is 0 Å². The second-order valence-corrected chi connectivity index (χ2v) is 8.00. The van der Waals surface area contributed by atoms with Crippen LogP contribution in [0.2, 0.25) is 0 Å². The Kier molecular flexibility index (Phi) is 5.24. The maximum atomic E-state index is 4.25. The van der Waals surface area contributed by atoms with E-state index in [0.29, 0.717) is 11.3 Å². The molecular formula is C20H30S. The van der Waals surface area contributed by atoms with Gasteiger partial charge >= 0.3 is 0 Å². The Morgan fingerprint density at radius 3 is 2.86 bits per heavy atom. The summed E-state index contributed by atoms with van der Waals surface area (Å²) in [5.74, 6) is 2.12. The van der Waals surface area contributed by atoms with Crippen LogP contribution >= 0.6 is 11.8 Å². The molecule has 0 saturated heterocycles. The molecular weight excluding hydrogens is 272 g/mol. The summed E-state index contributed by atoms with van der Waals surface area (Å²) in [5, 5.41) is 2.15. The molecule has 1 saturated carbocycles. The zero-order chi connectivity index (χ0) is 15.6. The Labute approximate surface area is 135 Å². The highest BCUT2D eigenvalue weighted by Gasteiger charge is 2.45. The Morgan fingerprint density at radius 2 is 2.19 bits per heavy atom. The van der Waals surface area contributed by atoms with E-state index in [0.717, 1.165) is 18.3 Å². The lowest BCUT2D eigenvalue weighted by atomic mass is 9.54. The monoisotopic (exact) mass is 302 g/mol. The molecule has 0 aliphatic heterocycles. The van der Waals surface area contributed by atoms with Crippen molar-refractivity contribution in [2.45, 2.75) is 46.5 Å². The van der Waals surface area contributed by atoms with Gasteiger partial charge in [-0.2, -0.15) is 0 Å². The van der Waals surface area contributed by atoms with Crippen LogP contribution in [0.25, 0.3) is 0 Å². The third-order valence-electron chi connectivity index (χ3n) is 5.92. The van der Waals surface area contributed by atoms with Crippen LogP contribution in [-0.4, -0.2) is 6.26 Å². The van der Waals surface area contributed by atoms with Crippen molar-refractivity contribution in [3.05, 3.63) is 47.4 Å². The molecule has 0 bridgehead atoms. The largest absolute Gasteiger partial charge is 0.138 e. The fourth-order valence-corrected chi connectivity index (χ4v) is 4.55. The number of fused-ring (bicyclic) bond motifs is 1. The molecule has 1 fully saturated rings. The van der Waals surface area contributed by atoms with Crippen LogP contribution in [0.1, 0.15) is 46.5 Å². The van der Waals surface area contributed by atoms with Gasteiger partial charge in [-0.05, 0) is 60.5 Å². The predicted molar refractivity (Wildman–Crippen MR) is 97.4 cm³/mol. The molecule has 0 radical (unpaired) electrons. The Hall–Kier alpha value is -0.690. The van der Waals surface area contributed by atoms with Crippen LogP contribution in [-0.2, 0) is 0 Å². The van der Waals surface area contributed by atoms with E-state index in [1.165, 1.54) is 30.4 Å². The topological polar surface area (TPSA) is 0 Å². The van der Waals surface area contributed by atoms with Crippen LogP contribution in [0.3, 0.4) is 0 Å². The van der Waals surface area contributed by atoms with Crippen molar-refractivity contribution in [2.24, 2.45) is 23.2 Å². The minimum absolute atomic E-state index is 0.368. The second kappa shape index (κ2) is 6.60. The van der Waals surface area contributed by atoms with Crippen LogP contribution in [0.15, 0.2) is 47.4 Å². The molecule has 0 nitrogen and oxygen atoms in total. The van der Waals surface area contributed by atoms with E-state index in [-0.39, 0.29) is 0 Å². The van der Waals surface area contributed by atoms with Gasteiger partial charge in [0, 0.05) is 0 Å². The molecule has 0 aromatic carbocycles. The molecule has 0 aromatic heterocycles. The number of allylic oxidation sites excluding steroid dienone is 5. The summed E-state index contributed by atoms with van der Waals surface area (Å²) in [5.41, 5.74) is 4.64. The highest BCUT2D eigenvalue weighted by molar-refractivity contribution is 8.01. The first-order chi connectivity index (χ1) is 9.88. The molecule has 4 atom stereocenters. The van der Waals surface area contributed by atoms with Crippen molar-refractivity contribution in [3.63, 3.8) is 0 Å². The van der Waals surface area contributed by atoms with E-state index < -0.39 is 0 Å². The van der Waals surface area contributed by atoms with Gasteiger partial charge in [-0.3, -0.25) is 0 Å². The van der Waals surface area contributed by atoms with E-state index >= 15 is 0 Å². The van der Waals surface area contributed by atoms with Crippen molar-refractivity contribution in [3.8, 4) is 0 Å². The summed E-state index contributed by atoms with van der Waals surface area (Å²) in [6.07, 6.45) is 11.7. The molecule has 0 N–H and O–H groups in total. The summed E-state index contributed by atoms with van der Waals surface area (Å²) in [6, 6.07) is 0. The number of hydrogen-bond donors (Lipinski definition) is 0. The van der Waals surface area contributed by atoms with Gasteiger partial charge in [0.25, 0.3) is 0 Å². The molecule has 0 spiro atoms. The Morgan fingerprint density at radius 1 is 1.48 bits per heavy atom. The maximum absolute atomic E-state index is 4.25. The van der Waals surface area contributed by atoms with Gasteiger partial charge in [0.1, 0.15) is 0 Å². The Bertz CT molecular complexity index is 482. The molecule has 2 unspecified atom stereocenters. The second-order valence-electron chi connectivity index (χ2n) is 7.26. The first-order valence-corrected chi connectivity index (χ1v) is 9.44. The lowest BCUT2D eigenvalue weighted by molar-refractivity contribution is 0.102. The normalized spacial score (nSPS) is 36.5. The van der Waals surface area contributed by atoms with Crippen LogP contribution in [0.5, 0.6) is 0 Å². The van der Waals surface area contributed by atoms with Crippen LogP contribution in [0, 0.1) is 23.2 Å². The predicted octanol–water partition coefficient (Wildman–Crippen LogP) is 6.38. The van der Waals surface area contributed by atoms with Gasteiger partial charge in [-0.15, -0.1) is 11.8 Å². The molecule has 2 aliphatic carbocycles. The highest BCUT2D eigenvalue weighted by Crippen LogP contribution is 2.55. The van der Waals surface area contributed by atoms with Crippen molar-refractivity contribution in [1.29, 1.82) is 0 Å². The van der Waals surface area contributed by atoms with Gasteiger partial charge in [0.2, 0.25) is 0 Å². The van der Waals surface area contributed by atoms with E-state index in [2.05, 4.69) is 57.7 Å². The maximum Gasteiger partial charge on any atom is -0.00791 e. The number of rotatable bonds is 4. The van der Waals surface area contributed by atoms with Crippen LogP contribution in [0.4, 0.5) is 0 Å². The fourth-order valence-electron chi connectivity index (χ4n) is 4.22. The fraction of sp³-hybridized carbons (Fsp3) is 0.600. The van der Waals surface area contributed by atoms with E-state index in [1.807, 2.05) is 0 Å². The minimum atomic E-state index is 0.368. The van der Waals surface area contributed by atoms with E-state index in [9.17, 15) is 0 Å². The molecule has 0 heterocycles. The third kappa shape index (κ3) is 3.39. The SMILES string of the molecule is C=C(/C=C\SC)CC1CCC2=CC(=C)C(C)C[C@]2(C)[C@H]1C. The minimum Gasteiger partial charge on any atom is -0.138 e. The van der Waals surface area contributed by atoms with Gasteiger partial charge in [-0.1, -0.05) is 62.8 Å². The average molecular weight is 303 g/mol. The summed E-state index contributed by atoms with van der Waals surface area (Å²) in [7, 11) is 0. The standard InChI is InChI=1S/C20H30S/c1-14(9-10-21-6)11-18-7-8-19-12-15(2)16(3)13-20(19,5)17(18)4/h9-10,12,16-18H,1-2,7-8,11,13H2,3-6H3/b10-9-/t16?,17-,18?,20+/m0/s1. The zero-order valence-electron chi connectivity index (χ0n) is 14.1. The smallest absolute Gasteiger partial charge is 0.00791 e. The average Bonchev–Trinajstić information content (AvgIpc) is 2.44. The molecule has 0 amide bonds. The Balaban J connectivity index is 2.14. The van der Waals surface area contributed by atoms with Crippen molar-refractivity contribution < 1.29 is 0 Å². The molecule has 1 heteroatoms. The third-order valence-corrected chi connectivity index (χ3v) is 6.33. The number of thioether (sulfide) groups is 1. The van der Waals surface area contributed by atoms with Gasteiger partial charge in [0.15, 0.2) is 0 Å². The van der Waals surface area contributed by atoms with Gasteiger partial charge in [0.05, 0.1) is 0 Å². The molecule has 0 aromatic rings. The summed E-state index contributed by atoms with van der Waals surface area (Å²) >= 11 is 1.75. The molecule has 2 rings (SSSR count). The van der Waals surface area contributed by atoms with Crippen molar-refractivity contribution in [2.75, 3.05) is 6.26 Å². The van der Waals surface area contributed by atoms with E-state index in [1.54, 1.807) is 17.3 Å². The summed E-state index contributed by atoms with van der Waals surface area (Å²) in [6.45, 7) is 15.8. The quantitative estimate of drug-likeness (QED) is 0.543. The van der Waals surface area contributed by atoms with Gasteiger partial charge < -0.3 is 0 Å². The first-order valence-electron chi connectivity index (χ1n) is 8.15. The molecule has 2 aliphatic rings. The first kappa shape index (κ1) is 16.7. The lowest BCUT2D eigenvalue weighted by Crippen LogP contribution is -2.40. The molecule has 21 heavy (non-hydrogen) atoms. The van der Waals surface area contributed by atoms with Crippen LogP contribution < -0.4 is 0 Å². The summed E-state index contributed by atoms with van der Waals surface area (Å²) < 4.78 is 0.